The van der Waals surface area contributed by atoms with Crippen LogP contribution in [0.3, 0.4) is 0 Å². The predicted octanol–water partition coefficient (Wildman–Crippen LogP) is 4.05. The van der Waals surface area contributed by atoms with Crippen molar-refractivity contribution >= 4 is 22.8 Å². The number of nitrogens with zero attached hydrogens (tertiary/aromatic N) is 3. The number of ether oxygens (including phenoxy) is 1. The summed E-state index contributed by atoms with van der Waals surface area (Å²) in [4.78, 5) is 9.20. The van der Waals surface area contributed by atoms with Gasteiger partial charge in [-0.2, -0.15) is 4.98 Å². The third-order valence-electron chi connectivity index (χ3n) is 3.59. The van der Waals surface area contributed by atoms with Gasteiger partial charge in [-0.25, -0.2) is 4.98 Å². The second kappa shape index (κ2) is 7.64. The number of aryl methyl sites for hydroxylation is 2. The average molecular weight is 310 g/mol. The van der Waals surface area contributed by atoms with Crippen molar-refractivity contribution in [3.05, 3.63) is 18.0 Å². The van der Waals surface area contributed by atoms with E-state index >= 15 is 0 Å². The van der Waals surface area contributed by atoms with Crippen LogP contribution in [0, 0.1) is 5.92 Å². The van der Waals surface area contributed by atoms with E-state index in [4.69, 9.17) is 16.3 Å². The molecule has 0 saturated carbocycles. The molecule has 0 amide bonds. The molecule has 21 heavy (non-hydrogen) atoms. The fourth-order valence-electron chi connectivity index (χ4n) is 2.48. The Morgan fingerprint density at radius 3 is 2.71 bits per heavy atom. The average Bonchev–Trinajstić information content (AvgIpc) is 2.80. The van der Waals surface area contributed by atoms with E-state index in [1.54, 1.807) is 7.11 Å². The van der Waals surface area contributed by atoms with Crippen molar-refractivity contribution in [2.24, 2.45) is 5.92 Å². The molecule has 0 spiro atoms. The van der Waals surface area contributed by atoms with Gasteiger partial charge >= 0.3 is 0 Å². The summed E-state index contributed by atoms with van der Waals surface area (Å²) < 4.78 is 7.42. The summed E-state index contributed by atoms with van der Waals surface area (Å²) in [5.74, 6) is 2.98. The van der Waals surface area contributed by atoms with Crippen molar-refractivity contribution in [2.45, 2.75) is 46.1 Å². The van der Waals surface area contributed by atoms with Crippen LogP contribution >= 0.6 is 11.6 Å². The van der Waals surface area contributed by atoms with Crippen molar-refractivity contribution in [2.75, 3.05) is 13.0 Å². The smallest absolute Gasteiger partial charge is 0.215 e. The van der Waals surface area contributed by atoms with Gasteiger partial charge < -0.3 is 9.30 Å². The van der Waals surface area contributed by atoms with Crippen LogP contribution in [0.4, 0.5) is 0 Å². The first-order valence-corrected chi connectivity index (χ1v) is 8.15. The molecule has 0 saturated heterocycles. The van der Waals surface area contributed by atoms with Crippen LogP contribution in [0.2, 0.25) is 0 Å². The Labute approximate surface area is 131 Å². The number of methoxy groups -OCH3 is 1. The molecule has 0 atom stereocenters. The van der Waals surface area contributed by atoms with Crippen molar-refractivity contribution in [3.8, 4) is 5.88 Å². The Morgan fingerprint density at radius 1 is 1.24 bits per heavy atom. The zero-order valence-electron chi connectivity index (χ0n) is 13.1. The number of imidazole rings is 1. The zero-order chi connectivity index (χ0) is 15.2. The third-order valence-corrected chi connectivity index (χ3v) is 3.78. The summed E-state index contributed by atoms with van der Waals surface area (Å²) in [5.41, 5.74) is 1.82. The second-order valence-corrected chi connectivity index (χ2v) is 6.08. The molecular weight excluding hydrogens is 286 g/mol. The number of aromatic nitrogens is 3. The molecule has 2 aromatic heterocycles. The molecule has 0 aromatic carbocycles. The van der Waals surface area contributed by atoms with Gasteiger partial charge in [0.05, 0.1) is 7.11 Å². The van der Waals surface area contributed by atoms with E-state index in [1.165, 1.54) is 12.8 Å². The van der Waals surface area contributed by atoms with E-state index in [0.717, 1.165) is 42.3 Å². The molecule has 0 fully saturated rings. The molecular formula is C16H24ClN3O. The Hall–Kier alpha value is -1.29. The van der Waals surface area contributed by atoms with Gasteiger partial charge in [-0.05, 0) is 18.4 Å². The molecule has 4 nitrogen and oxygen atoms in total. The Kier molecular flexibility index (Phi) is 5.85. The van der Waals surface area contributed by atoms with Crippen LogP contribution in [-0.4, -0.2) is 27.5 Å². The molecule has 0 unspecified atom stereocenters. The summed E-state index contributed by atoms with van der Waals surface area (Å²) in [5, 5.41) is 0. The minimum Gasteiger partial charge on any atom is -0.481 e. The summed E-state index contributed by atoms with van der Waals surface area (Å²) in [6, 6.07) is 3.81. The number of pyridine rings is 1. The summed E-state index contributed by atoms with van der Waals surface area (Å²) in [6.07, 6.45) is 4.39. The van der Waals surface area contributed by atoms with Crippen molar-refractivity contribution in [3.63, 3.8) is 0 Å². The maximum Gasteiger partial charge on any atom is 0.215 e. The van der Waals surface area contributed by atoms with E-state index in [9.17, 15) is 0 Å². The van der Waals surface area contributed by atoms with E-state index < -0.39 is 0 Å². The van der Waals surface area contributed by atoms with E-state index in [0.29, 0.717) is 11.8 Å². The Bertz CT molecular complexity index is 580. The van der Waals surface area contributed by atoms with Crippen LogP contribution in [0.15, 0.2) is 12.1 Å². The highest BCUT2D eigenvalue weighted by Gasteiger charge is 2.12. The number of halogens is 1. The topological polar surface area (TPSA) is 39.9 Å². The monoisotopic (exact) mass is 309 g/mol. The number of hydrogen-bond acceptors (Lipinski definition) is 3. The summed E-state index contributed by atoms with van der Waals surface area (Å²) in [6.45, 7) is 5.46. The normalized spacial score (nSPS) is 11.5. The second-order valence-electron chi connectivity index (χ2n) is 5.70. The van der Waals surface area contributed by atoms with Gasteiger partial charge in [0, 0.05) is 24.9 Å². The highest BCUT2D eigenvalue weighted by molar-refractivity contribution is 6.17. The van der Waals surface area contributed by atoms with Crippen molar-refractivity contribution in [1.29, 1.82) is 0 Å². The summed E-state index contributed by atoms with van der Waals surface area (Å²) in [7, 11) is 1.64. The van der Waals surface area contributed by atoms with Crippen LogP contribution in [0.25, 0.3) is 11.2 Å². The number of rotatable bonds is 8. The van der Waals surface area contributed by atoms with Crippen LogP contribution in [-0.2, 0) is 13.0 Å². The molecule has 0 aliphatic carbocycles. The van der Waals surface area contributed by atoms with Gasteiger partial charge in [-0.15, -0.1) is 11.6 Å². The molecule has 0 aliphatic heterocycles. The minimum atomic E-state index is 0.576. The van der Waals surface area contributed by atoms with E-state index in [-0.39, 0.29) is 0 Å². The molecule has 0 radical (unpaired) electrons. The molecule has 0 bridgehead atoms. The number of hydrogen-bond donors (Lipinski definition) is 0. The quantitative estimate of drug-likeness (QED) is 0.545. The minimum absolute atomic E-state index is 0.576. The largest absolute Gasteiger partial charge is 0.481 e. The van der Waals surface area contributed by atoms with Gasteiger partial charge in [0.15, 0.2) is 5.65 Å². The lowest BCUT2D eigenvalue weighted by atomic mass is 10.1. The van der Waals surface area contributed by atoms with Gasteiger partial charge in [-0.1, -0.05) is 26.7 Å². The summed E-state index contributed by atoms with van der Waals surface area (Å²) >= 11 is 5.90. The van der Waals surface area contributed by atoms with E-state index in [1.807, 2.05) is 12.1 Å². The lowest BCUT2D eigenvalue weighted by Crippen LogP contribution is -2.06. The van der Waals surface area contributed by atoms with Crippen LogP contribution in [0.1, 0.15) is 38.9 Å². The van der Waals surface area contributed by atoms with Gasteiger partial charge in [-0.3, -0.25) is 0 Å². The van der Waals surface area contributed by atoms with Crippen molar-refractivity contribution < 1.29 is 4.74 Å². The first-order chi connectivity index (χ1) is 10.2. The molecule has 0 aliphatic rings. The predicted molar refractivity (Wildman–Crippen MR) is 87.2 cm³/mol. The first kappa shape index (κ1) is 16.1. The fourth-order valence-corrected chi connectivity index (χ4v) is 2.65. The van der Waals surface area contributed by atoms with Gasteiger partial charge in [0.2, 0.25) is 5.88 Å². The van der Waals surface area contributed by atoms with Gasteiger partial charge in [0.1, 0.15) is 11.3 Å². The maximum absolute atomic E-state index is 5.90. The third kappa shape index (κ3) is 4.10. The molecule has 116 valence electrons. The van der Waals surface area contributed by atoms with Crippen molar-refractivity contribution in [1.82, 2.24) is 14.5 Å². The Morgan fingerprint density at radius 2 is 2.05 bits per heavy atom. The number of alkyl halides is 1. The Balaban J connectivity index is 2.22. The molecule has 2 rings (SSSR count). The highest BCUT2D eigenvalue weighted by Crippen LogP contribution is 2.20. The lowest BCUT2D eigenvalue weighted by Gasteiger charge is -2.09. The number of unbranched alkanes of at least 4 members (excludes halogenated alkanes) is 1. The maximum atomic E-state index is 5.90. The first-order valence-electron chi connectivity index (χ1n) is 7.61. The molecule has 2 aromatic rings. The SMILES string of the molecule is COc1ccc2nc(CCCl)n(CCCCC(C)C)c2n1. The standard InChI is InChI=1S/C16H24ClN3O/c1-12(2)6-4-5-11-20-14(9-10-17)18-13-7-8-15(21-3)19-16(13)20/h7-8,12H,4-6,9-11H2,1-3H3. The zero-order valence-corrected chi connectivity index (χ0v) is 13.9. The van der Waals surface area contributed by atoms with E-state index in [2.05, 4.69) is 28.4 Å². The van der Waals surface area contributed by atoms with Gasteiger partial charge in [0.25, 0.3) is 0 Å². The number of fused-ring (bicyclic) bond motifs is 1. The molecule has 0 N–H and O–H groups in total. The van der Waals surface area contributed by atoms with Crippen LogP contribution in [0.5, 0.6) is 5.88 Å². The molecule has 2 heterocycles. The fraction of sp³-hybridized carbons (Fsp3) is 0.625. The highest BCUT2D eigenvalue weighted by atomic mass is 35.5. The van der Waals surface area contributed by atoms with Crippen LogP contribution < -0.4 is 4.74 Å². The molecule has 5 heteroatoms. The lowest BCUT2D eigenvalue weighted by molar-refractivity contribution is 0.398.